The number of amides is 1. The Morgan fingerprint density at radius 3 is 2.33 bits per heavy atom. The van der Waals surface area contributed by atoms with Crippen LogP contribution in [0.25, 0.3) is 4.48 Å². The first-order valence-corrected chi connectivity index (χ1v) is 9.30. The van der Waals surface area contributed by atoms with Crippen LogP contribution < -0.4 is 0 Å². The Bertz CT molecular complexity index is 826. The van der Waals surface area contributed by atoms with Crippen LogP contribution in [-0.4, -0.2) is 30.4 Å². The highest BCUT2D eigenvalue weighted by molar-refractivity contribution is 9.15. The minimum Gasteiger partial charge on any atom is -0.466 e. The standard InChI is InChI=1S/C22H22BrNO3/c1-17-8-10-19(11-9-17)20(23)14-15-24(16-18-6-4-3-5-7-18)21(25)12-13-22(26)27-2/h3-14H,15-16H2,1-2H3/b13-12+,20-14-. The Morgan fingerprint density at radius 2 is 1.70 bits per heavy atom. The van der Waals surface area contributed by atoms with Crippen LogP contribution in [0.3, 0.4) is 0 Å². The summed E-state index contributed by atoms with van der Waals surface area (Å²) in [4.78, 5) is 25.5. The summed E-state index contributed by atoms with van der Waals surface area (Å²) >= 11 is 3.58. The van der Waals surface area contributed by atoms with E-state index in [0.29, 0.717) is 13.1 Å². The molecule has 0 aliphatic heterocycles. The van der Waals surface area contributed by atoms with Gasteiger partial charge in [-0.25, -0.2) is 4.79 Å². The van der Waals surface area contributed by atoms with Crippen LogP contribution in [-0.2, 0) is 20.9 Å². The second-order valence-corrected chi connectivity index (χ2v) is 6.83. The Labute approximate surface area is 168 Å². The predicted octanol–water partition coefficient (Wildman–Crippen LogP) is 4.49. The van der Waals surface area contributed by atoms with E-state index in [1.54, 1.807) is 4.90 Å². The van der Waals surface area contributed by atoms with E-state index in [4.69, 9.17) is 0 Å². The van der Waals surface area contributed by atoms with Gasteiger partial charge in [0.25, 0.3) is 0 Å². The van der Waals surface area contributed by atoms with Gasteiger partial charge < -0.3 is 9.64 Å². The summed E-state index contributed by atoms with van der Waals surface area (Å²) in [6, 6.07) is 17.8. The number of rotatable bonds is 7. The molecule has 140 valence electrons. The van der Waals surface area contributed by atoms with Gasteiger partial charge in [0.15, 0.2) is 0 Å². The number of esters is 1. The molecule has 2 rings (SSSR count). The van der Waals surface area contributed by atoms with E-state index in [1.807, 2.05) is 67.6 Å². The van der Waals surface area contributed by atoms with E-state index in [2.05, 4.69) is 20.7 Å². The van der Waals surface area contributed by atoms with Crippen molar-refractivity contribution in [3.05, 3.63) is 89.5 Å². The highest BCUT2D eigenvalue weighted by Crippen LogP contribution is 2.21. The van der Waals surface area contributed by atoms with Crippen molar-refractivity contribution in [2.45, 2.75) is 13.5 Å². The number of hydrogen-bond acceptors (Lipinski definition) is 3. The van der Waals surface area contributed by atoms with Crippen molar-refractivity contribution in [1.29, 1.82) is 0 Å². The average Bonchev–Trinajstić information content (AvgIpc) is 2.70. The lowest BCUT2D eigenvalue weighted by atomic mass is 10.1. The zero-order valence-corrected chi connectivity index (χ0v) is 17.0. The molecule has 0 spiro atoms. The molecule has 1 amide bonds. The molecular weight excluding hydrogens is 406 g/mol. The van der Waals surface area contributed by atoms with Gasteiger partial charge in [-0.05, 0) is 18.1 Å². The Balaban J connectivity index is 2.16. The second-order valence-electron chi connectivity index (χ2n) is 5.98. The number of hydrogen-bond donors (Lipinski definition) is 0. The summed E-state index contributed by atoms with van der Waals surface area (Å²) < 4.78 is 5.46. The minimum atomic E-state index is -0.556. The van der Waals surface area contributed by atoms with E-state index in [0.717, 1.165) is 21.7 Å². The van der Waals surface area contributed by atoms with Crippen molar-refractivity contribution in [2.75, 3.05) is 13.7 Å². The molecule has 2 aromatic carbocycles. The molecule has 0 saturated heterocycles. The van der Waals surface area contributed by atoms with Crippen molar-refractivity contribution in [3.63, 3.8) is 0 Å². The van der Waals surface area contributed by atoms with Gasteiger partial charge in [0.2, 0.25) is 5.91 Å². The largest absolute Gasteiger partial charge is 0.466 e. The Hall–Kier alpha value is -2.66. The van der Waals surface area contributed by atoms with E-state index < -0.39 is 5.97 Å². The molecule has 2 aromatic rings. The lowest BCUT2D eigenvalue weighted by Crippen LogP contribution is -2.29. The molecule has 0 atom stereocenters. The summed E-state index contributed by atoms with van der Waals surface area (Å²) in [7, 11) is 1.28. The van der Waals surface area contributed by atoms with Crippen molar-refractivity contribution in [3.8, 4) is 0 Å². The molecule has 27 heavy (non-hydrogen) atoms. The number of methoxy groups -OCH3 is 1. The lowest BCUT2D eigenvalue weighted by Gasteiger charge is -2.20. The van der Waals surface area contributed by atoms with Gasteiger partial charge in [-0.15, -0.1) is 0 Å². The number of nitrogens with zero attached hydrogens (tertiary/aromatic N) is 1. The lowest BCUT2D eigenvalue weighted by molar-refractivity contribution is -0.135. The third-order valence-corrected chi connectivity index (χ3v) is 4.69. The second kappa shape index (κ2) is 10.5. The van der Waals surface area contributed by atoms with E-state index in [9.17, 15) is 9.59 Å². The summed E-state index contributed by atoms with van der Waals surface area (Å²) in [5.74, 6) is -0.816. The third kappa shape index (κ3) is 6.87. The molecule has 0 aliphatic carbocycles. The molecule has 0 heterocycles. The van der Waals surface area contributed by atoms with Gasteiger partial charge in [0.1, 0.15) is 0 Å². The van der Waals surface area contributed by atoms with Crippen LogP contribution in [0.4, 0.5) is 0 Å². The first-order valence-electron chi connectivity index (χ1n) is 8.51. The molecule has 4 nitrogen and oxygen atoms in total. The molecule has 0 bridgehead atoms. The van der Waals surface area contributed by atoms with Gasteiger partial charge in [-0.1, -0.05) is 82.2 Å². The van der Waals surface area contributed by atoms with Crippen LogP contribution in [0.2, 0.25) is 0 Å². The van der Waals surface area contributed by atoms with Crippen molar-refractivity contribution in [2.24, 2.45) is 0 Å². The molecule has 0 unspecified atom stereocenters. The predicted molar refractivity (Wildman–Crippen MR) is 111 cm³/mol. The molecule has 0 N–H and O–H groups in total. The topological polar surface area (TPSA) is 46.6 Å². The summed E-state index contributed by atoms with van der Waals surface area (Å²) in [5, 5.41) is 0. The fourth-order valence-electron chi connectivity index (χ4n) is 2.37. The van der Waals surface area contributed by atoms with Gasteiger partial charge in [-0.2, -0.15) is 0 Å². The maximum atomic E-state index is 12.5. The van der Waals surface area contributed by atoms with Crippen LogP contribution in [0, 0.1) is 6.92 Å². The number of ether oxygens (including phenoxy) is 1. The van der Waals surface area contributed by atoms with E-state index >= 15 is 0 Å². The molecule has 0 fully saturated rings. The van der Waals surface area contributed by atoms with Crippen molar-refractivity contribution in [1.82, 2.24) is 4.90 Å². The number of carbonyl (C=O) groups excluding carboxylic acids is 2. The summed E-state index contributed by atoms with van der Waals surface area (Å²) in [6.45, 7) is 2.87. The highest BCUT2D eigenvalue weighted by Gasteiger charge is 2.11. The molecule has 0 aliphatic rings. The fraction of sp³-hybridized carbons (Fsp3) is 0.182. The zero-order chi connectivity index (χ0) is 19.6. The first kappa shape index (κ1) is 20.6. The number of halogens is 1. The monoisotopic (exact) mass is 427 g/mol. The van der Waals surface area contributed by atoms with E-state index in [-0.39, 0.29) is 5.91 Å². The van der Waals surface area contributed by atoms with Gasteiger partial charge in [-0.3, -0.25) is 4.79 Å². The van der Waals surface area contributed by atoms with Crippen LogP contribution >= 0.6 is 15.9 Å². The Morgan fingerprint density at radius 1 is 1.04 bits per heavy atom. The molecule has 0 radical (unpaired) electrons. The quantitative estimate of drug-likeness (QED) is 0.482. The van der Waals surface area contributed by atoms with Crippen LogP contribution in [0.5, 0.6) is 0 Å². The normalized spacial score (nSPS) is 11.4. The van der Waals surface area contributed by atoms with Crippen molar-refractivity contribution < 1.29 is 14.3 Å². The number of benzene rings is 2. The highest BCUT2D eigenvalue weighted by atomic mass is 79.9. The summed E-state index contributed by atoms with van der Waals surface area (Å²) in [6.07, 6.45) is 4.32. The number of aryl methyl sites for hydroxylation is 1. The van der Waals surface area contributed by atoms with E-state index in [1.165, 1.54) is 18.7 Å². The molecule has 0 saturated carbocycles. The molecule has 0 aromatic heterocycles. The van der Waals surface area contributed by atoms with Crippen molar-refractivity contribution >= 4 is 32.3 Å². The number of carbonyl (C=O) groups is 2. The average molecular weight is 428 g/mol. The van der Waals surface area contributed by atoms with Crippen LogP contribution in [0.1, 0.15) is 16.7 Å². The summed E-state index contributed by atoms with van der Waals surface area (Å²) in [5.41, 5.74) is 3.24. The Kier molecular flexibility index (Phi) is 8.01. The van der Waals surface area contributed by atoms with Crippen LogP contribution in [0.15, 0.2) is 72.8 Å². The SMILES string of the molecule is COC(=O)/C=C/C(=O)N(C/C=C(\Br)c1ccc(C)cc1)Cc1ccccc1. The maximum absolute atomic E-state index is 12.5. The zero-order valence-electron chi connectivity index (χ0n) is 15.4. The third-order valence-electron chi connectivity index (χ3n) is 3.91. The smallest absolute Gasteiger partial charge is 0.330 e. The first-order chi connectivity index (χ1) is 13.0. The fourth-order valence-corrected chi connectivity index (χ4v) is 2.78. The maximum Gasteiger partial charge on any atom is 0.330 e. The van der Waals surface area contributed by atoms with Gasteiger partial charge >= 0.3 is 5.97 Å². The van der Waals surface area contributed by atoms with Gasteiger partial charge in [0, 0.05) is 29.7 Å². The molecule has 5 heteroatoms. The minimum absolute atomic E-state index is 0.260. The molecular formula is C22H22BrNO3. The van der Waals surface area contributed by atoms with Gasteiger partial charge in [0.05, 0.1) is 7.11 Å².